The summed E-state index contributed by atoms with van der Waals surface area (Å²) in [4.78, 5) is 28.4. The van der Waals surface area contributed by atoms with E-state index >= 15 is 0 Å². The maximum atomic E-state index is 12.6. The van der Waals surface area contributed by atoms with Gasteiger partial charge in [-0.05, 0) is 25.6 Å². The molecule has 21 heavy (non-hydrogen) atoms. The van der Waals surface area contributed by atoms with Crippen molar-refractivity contribution in [2.45, 2.75) is 19.8 Å². The number of piperazine rings is 1. The lowest BCUT2D eigenvalue weighted by Gasteiger charge is -2.32. The van der Waals surface area contributed by atoms with Crippen LogP contribution in [-0.4, -0.2) is 54.8 Å². The Hall–Kier alpha value is -1.88. The summed E-state index contributed by atoms with van der Waals surface area (Å²) in [7, 11) is 2.06. The van der Waals surface area contributed by atoms with Crippen LogP contribution >= 0.6 is 0 Å². The van der Waals surface area contributed by atoms with Gasteiger partial charge in [0.05, 0.1) is 11.3 Å². The molecule has 1 aromatic carbocycles. The lowest BCUT2D eigenvalue weighted by atomic mass is 10.1. The number of carbonyl (C=O) groups is 2. The molecule has 0 aliphatic carbocycles. The number of likely N-dealkylation sites (N-methyl/N-ethyl adjacent to an activating group) is 1. The molecule has 1 fully saturated rings. The normalized spacial score (nSPS) is 15.8. The van der Waals surface area contributed by atoms with Crippen LogP contribution in [0.4, 0.5) is 5.69 Å². The lowest BCUT2D eigenvalue weighted by Crippen LogP contribution is -2.47. The summed E-state index contributed by atoms with van der Waals surface area (Å²) >= 11 is 0. The number of nitrogens with zero attached hydrogens (tertiary/aromatic N) is 2. The molecular weight excluding hydrogens is 266 g/mol. The van der Waals surface area contributed by atoms with Crippen LogP contribution in [0.25, 0.3) is 0 Å². The van der Waals surface area contributed by atoms with Crippen LogP contribution < -0.4 is 5.32 Å². The molecule has 1 aromatic rings. The number of carbonyl (C=O) groups excluding carboxylic acids is 2. The second kappa shape index (κ2) is 7.22. The molecule has 2 amide bonds. The van der Waals surface area contributed by atoms with Crippen molar-refractivity contribution in [3.8, 4) is 0 Å². The van der Waals surface area contributed by atoms with Crippen molar-refractivity contribution in [1.29, 1.82) is 0 Å². The number of hydrogen-bond acceptors (Lipinski definition) is 3. The predicted molar refractivity (Wildman–Crippen MR) is 83.4 cm³/mol. The fraction of sp³-hybridized carbons (Fsp3) is 0.500. The molecule has 1 aliphatic rings. The molecule has 5 heteroatoms. The maximum absolute atomic E-state index is 12.6. The number of benzene rings is 1. The highest BCUT2D eigenvalue weighted by Gasteiger charge is 2.22. The van der Waals surface area contributed by atoms with Crippen LogP contribution in [0.5, 0.6) is 0 Å². The van der Waals surface area contributed by atoms with E-state index in [2.05, 4.69) is 17.3 Å². The van der Waals surface area contributed by atoms with Gasteiger partial charge in [-0.3, -0.25) is 9.59 Å². The third-order valence-electron chi connectivity index (χ3n) is 3.70. The summed E-state index contributed by atoms with van der Waals surface area (Å²) < 4.78 is 0. The van der Waals surface area contributed by atoms with Gasteiger partial charge in [0.1, 0.15) is 0 Å². The topological polar surface area (TPSA) is 52.7 Å². The molecule has 1 heterocycles. The zero-order valence-electron chi connectivity index (χ0n) is 12.8. The first-order valence-corrected chi connectivity index (χ1v) is 7.48. The Morgan fingerprint density at radius 1 is 1.14 bits per heavy atom. The quantitative estimate of drug-likeness (QED) is 0.920. The summed E-state index contributed by atoms with van der Waals surface area (Å²) in [5.74, 6) is -0.0494. The molecule has 0 unspecified atom stereocenters. The fourth-order valence-corrected chi connectivity index (χ4v) is 2.40. The average Bonchev–Trinajstić information content (AvgIpc) is 2.48. The predicted octanol–water partition coefficient (Wildman–Crippen LogP) is 1.81. The smallest absolute Gasteiger partial charge is 0.256 e. The highest BCUT2D eigenvalue weighted by molar-refractivity contribution is 6.03. The van der Waals surface area contributed by atoms with E-state index in [1.54, 1.807) is 12.1 Å². The SMILES string of the molecule is CCCC(=O)Nc1ccccc1C(=O)N1CCN(C)CC1. The van der Waals surface area contributed by atoms with Gasteiger partial charge in [0.15, 0.2) is 0 Å². The maximum Gasteiger partial charge on any atom is 0.256 e. The molecule has 1 aliphatic heterocycles. The Bertz CT molecular complexity index is 508. The average molecular weight is 289 g/mol. The van der Waals surface area contributed by atoms with Gasteiger partial charge in [0, 0.05) is 32.6 Å². The lowest BCUT2D eigenvalue weighted by molar-refractivity contribution is -0.116. The summed E-state index contributed by atoms with van der Waals surface area (Å²) in [5.41, 5.74) is 1.19. The van der Waals surface area contributed by atoms with Crippen molar-refractivity contribution in [1.82, 2.24) is 9.80 Å². The van der Waals surface area contributed by atoms with Gasteiger partial charge >= 0.3 is 0 Å². The van der Waals surface area contributed by atoms with E-state index in [9.17, 15) is 9.59 Å². The number of nitrogens with one attached hydrogen (secondary N) is 1. The third-order valence-corrected chi connectivity index (χ3v) is 3.70. The first-order chi connectivity index (χ1) is 10.1. The molecule has 1 saturated heterocycles. The number of amides is 2. The summed E-state index contributed by atoms with van der Waals surface area (Å²) in [6.07, 6.45) is 1.26. The van der Waals surface area contributed by atoms with Gasteiger partial charge in [-0.2, -0.15) is 0 Å². The fourth-order valence-electron chi connectivity index (χ4n) is 2.40. The van der Waals surface area contributed by atoms with Crippen molar-refractivity contribution in [2.75, 3.05) is 38.5 Å². The minimum atomic E-state index is -0.0453. The van der Waals surface area contributed by atoms with Crippen LogP contribution in [0, 0.1) is 0 Å². The van der Waals surface area contributed by atoms with E-state index in [0.717, 1.165) is 32.6 Å². The van der Waals surface area contributed by atoms with E-state index in [-0.39, 0.29) is 11.8 Å². The first kappa shape index (κ1) is 15.5. The van der Waals surface area contributed by atoms with Crippen molar-refractivity contribution in [3.63, 3.8) is 0 Å². The number of anilines is 1. The van der Waals surface area contributed by atoms with Gasteiger partial charge in [0.25, 0.3) is 5.91 Å². The highest BCUT2D eigenvalue weighted by Crippen LogP contribution is 2.18. The Morgan fingerprint density at radius 2 is 1.81 bits per heavy atom. The van der Waals surface area contributed by atoms with E-state index in [1.807, 2.05) is 24.0 Å². The van der Waals surface area contributed by atoms with Crippen LogP contribution in [0.3, 0.4) is 0 Å². The molecule has 0 saturated carbocycles. The highest BCUT2D eigenvalue weighted by atomic mass is 16.2. The van der Waals surface area contributed by atoms with Crippen LogP contribution in [-0.2, 0) is 4.79 Å². The van der Waals surface area contributed by atoms with Gasteiger partial charge < -0.3 is 15.1 Å². The Labute approximate surface area is 125 Å². The van der Waals surface area contributed by atoms with Crippen LogP contribution in [0.15, 0.2) is 24.3 Å². The molecule has 2 rings (SSSR count). The molecule has 0 spiro atoms. The second-order valence-corrected chi connectivity index (χ2v) is 5.44. The summed E-state index contributed by atoms with van der Waals surface area (Å²) in [6, 6.07) is 7.24. The number of rotatable bonds is 4. The van der Waals surface area contributed by atoms with E-state index in [0.29, 0.717) is 17.7 Å². The van der Waals surface area contributed by atoms with Gasteiger partial charge in [-0.1, -0.05) is 19.1 Å². The minimum Gasteiger partial charge on any atom is -0.336 e. The molecule has 114 valence electrons. The standard InChI is InChI=1S/C16H23N3O2/c1-3-6-15(20)17-14-8-5-4-7-13(14)16(21)19-11-9-18(2)10-12-19/h4-5,7-8H,3,6,9-12H2,1-2H3,(H,17,20). The number of para-hydroxylation sites is 1. The molecule has 0 aromatic heterocycles. The number of hydrogen-bond donors (Lipinski definition) is 1. The summed E-state index contributed by atoms with van der Waals surface area (Å²) in [6.45, 7) is 5.19. The van der Waals surface area contributed by atoms with Crippen molar-refractivity contribution in [3.05, 3.63) is 29.8 Å². The van der Waals surface area contributed by atoms with Gasteiger partial charge in [-0.25, -0.2) is 0 Å². The first-order valence-electron chi connectivity index (χ1n) is 7.48. The van der Waals surface area contributed by atoms with Crippen molar-refractivity contribution < 1.29 is 9.59 Å². The monoisotopic (exact) mass is 289 g/mol. The molecule has 1 N–H and O–H groups in total. The van der Waals surface area contributed by atoms with E-state index in [4.69, 9.17) is 0 Å². The minimum absolute atomic E-state index is 0.00417. The summed E-state index contributed by atoms with van der Waals surface area (Å²) in [5, 5.41) is 2.84. The molecule has 0 radical (unpaired) electrons. The molecule has 0 bridgehead atoms. The molecule has 5 nitrogen and oxygen atoms in total. The Morgan fingerprint density at radius 3 is 2.48 bits per heavy atom. The van der Waals surface area contributed by atoms with Crippen LogP contribution in [0.2, 0.25) is 0 Å². The molecule has 0 atom stereocenters. The van der Waals surface area contributed by atoms with Gasteiger partial charge in [0.2, 0.25) is 5.91 Å². The van der Waals surface area contributed by atoms with Gasteiger partial charge in [-0.15, -0.1) is 0 Å². The van der Waals surface area contributed by atoms with E-state index < -0.39 is 0 Å². The van der Waals surface area contributed by atoms with Crippen LogP contribution in [0.1, 0.15) is 30.1 Å². The third kappa shape index (κ3) is 4.04. The molecular formula is C16H23N3O2. The Kier molecular flexibility index (Phi) is 5.33. The zero-order chi connectivity index (χ0) is 15.2. The van der Waals surface area contributed by atoms with Crippen molar-refractivity contribution >= 4 is 17.5 Å². The van der Waals surface area contributed by atoms with E-state index in [1.165, 1.54) is 0 Å². The Balaban J connectivity index is 2.11. The van der Waals surface area contributed by atoms with Crippen molar-refractivity contribution in [2.24, 2.45) is 0 Å². The second-order valence-electron chi connectivity index (χ2n) is 5.44. The largest absolute Gasteiger partial charge is 0.336 e. The zero-order valence-corrected chi connectivity index (χ0v) is 12.8.